The van der Waals surface area contributed by atoms with Gasteiger partial charge in [0.1, 0.15) is 11.3 Å². The number of pyridine rings is 1. The summed E-state index contributed by atoms with van der Waals surface area (Å²) in [6.07, 6.45) is 3.49. The number of anilines is 1. The third-order valence-electron chi connectivity index (χ3n) is 7.52. The molecule has 5 rings (SSSR count). The fourth-order valence-electron chi connectivity index (χ4n) is 5.28. The lowest BCUT2D eigenvalue weighted by molar-refractivity contribution is 0.0896. The van der Waals surface area contributed by atoms with Gasteiger partial charge >= 0.3 is 0 Å². The molecule has 8 nitrogen and oxygen atoms in total. The van der Waals surface area contributed by atoms with E-state index in [2.05, 4.69) is 43.9 Å². The summed E-state index contributed by atoms with van der Waals surface area (Å²) in [5, 5.41) is 3.10. The Kier molecular flexibility index (Phi) is 4.86. The van der Waals surface area contributed by atoms with Crippen molar-refractivity contribution in [2.45, 2.75) is 32.7 Å². The average molecular weight is 410 g/mol. The van der Waals surface area contributed by atoms with E-state index in [1.807, 2.05) is 0 Å². The highest BCUT2D eigenvalue weighted by molar-refractivity contribution is 5.92. The number of rotatable bonds is 5. The molecule has 2 aromatic rings. The lowest BCUT2D eigenvalue weighted by atomic mass is 10.0. The third kappa shape index (κ3) is 3.74. The standard InChI is InChI=1S/C22H31N7O/c1-22(2)15-12-29(13-16(15)22)10-9-28-7-5-14(6-8-28)25-21(30)20-24-11-18-17(27-20)3-4-19(23)26-18/h3-4,11,14-16H,5-10,12-13H2,1-2H3,(H2,23,26)(H,25,30). The molecule has 2 atom stereocenters. The first-order valence-electron chi connectivity index (χ1n) is 11.0. The number of fused-ring (bicyclic) bond motifs is 2. The topological polar surface area (TPSA) is 100 Å². The highest BCUT2D eigenvalue weighted by Gasteiger charge is 2.61. The highest BCUT2D eigenvalue weighted by Crippen LogP contribution is 2.61. The number of hydrogen-bond acceptors (Lipinski definition) is 7. The molecule has 160 valence electrons. The van der Waals surface area contributed by atoms with Crippen molar-refractivity contribution in [3.63, 3.8) is 0 Å². The number of likely N-dealkylation sites (tertiary alicyclic amines) is 2. The first-order chi connectivity index (χ1) is 14.4. The van der Waals surface area contributed by atoms with E-state index >= 15 is 0 Å². The van der Waals surface area contributed by atoms with Crippen molar-refractivity contribution in [3.05, 3.63) is 24.2 Å². The molecular weight excluding hydrogens is 378 g/mol. The number of hydrogen-bond donors (Lipinski definition) is 2. The Balaban J connectivity index is 1.07. The van der Waals surface area contributed by atoms with Gasteiger partial charge in [-0.1, -0.05) is 13.8 Å². The van der Waals surface area contributed by atoms with Crippen molar-refractivity contribution >= 4 is 22.8 Å². The quantitative estimate of drug-likeness (QED) is 0.770. The number of nitrogens with zero attached hydrogens (tertiary/aromatic N) is 5. The van der Waals surface area contributed by atoms with Gasteiger partial charge in [0.25, 0.3) is 5.91 Å². The number of piperidine rings is 2. The molecule has 0 radical (unpaired) electrons. The second-order valence-corrected chi connectivity index (χ2v) is 9.72. The Bertz CT molecular complexity index is 940. The van der Waals surface area contributed by atoms with Crippen LogP contribution in [0.4, 0.5) is 5.82 Å². The van der Waals surface area contributed by atoms with E-state index in [4.69, 9.17) is 5.73 Å². The zero-order valence-electron chi connectivity index (χ0n) is 17.8. The summed E-state index contributed by atoms with van der Waals surface area (Å²) in [5.74, 6) is 2.23. The van der Waals surface area contributed by atoms with Gasteiger partial charge in [-0.05, 0) is 42.2 Å². The number of nitrogens with two attached hydrogens (primary N) is 1. The van der Waals surface area contributed by atoms with Crippen LogP contribution in [0, 0.1) is 17.3 Å². The molecule has 3 N–H and O–H groups in total. The molecule has 1 aliphatic carbocycles. The van der Waals surface area contributed by atoms with Crippen LogP contribution in [-0.4, -0.2) is 76.0 Å². The maximum atomic E-state index is 12.6. The SMILES string of the molecule is CC1(C)C2CN(CCN3CCC(NC(=O)c4ncc5nc(N)ccc5n4)CC3)CC21. The van der Waals surface area contributed by atoms with Crippen molar-refractivity contribution in [3.8, 4) is 0 Å². The van der Waals surface area contributed by atoms with E-state index in [0.717, 1.165) is 44.3 Å². The fourth-order valence-corrected chi connectivity index (χ4v) is 5.28. The fraction of sp³-hybridized carbons (Fsp3) is 0.636. The Morgan fingerprint density at radius 3 is 2.53 bits per heavy atom. The van der Waals surface area contributed by atoms with Gasteiger partial charge in [-0.15, -0.1) is 0 Å². The van der Waals surface area contributed by atoms with Crippen LogP contribution in [0.25, 0.3) is 11.0 Å². The number of nitrogen functional groups attached to an aromatic ring is 1. The van der Waals surface area contributed by atoms with Crippen molar-refractivity contribution in [1.29, 1.82) is 0 Å². The normalized spacial score (nSPS) is 26.6. The molecule has 3 fully saturated rings. The summed E-state index contributed by atoms with van der Waals surface area (Å²) in [7, 11) is 0. The third-order valence-corrected chi connectivity index (χ3v) is 7.52. The van der Waals surface area contributed by atoms with Crippen LogP contribution in [0.5, 0.6) is 0 Å². The molecule has 1 saturated carbocycles. The van der Waals surface area contributed by atoms with Crippen LogP contribution < -0.4 is 11.1 Å². The largest absolute Gasteiger partial charge is 0.384 e. The molecule has 2 unspecified atom stereocenters. The smallest absolute Gasteiger partial charge is 0.289 e. The van der Waals surface area contributed by atoms with Crippen LogP contribution >= 0.6 is 0 Å². The molecule has 0 bridgehead atoms. The first-order valence-corrected chi connectivity index (χ1v) is 11.0. The minimum atomic E-state index is -0.217. The van der Waals surface area contributed by atoms with Gasteiger partial charge in [0, 0.05) is 45.3 Å². The van der Waals surface area contributed by atoms with Crippen molar-refractivity contribution in [2.24, 2.45) is 17.3 Å². The lowest BCUT2D eigenvalue weighted by Gasteiger charge is -2.33. The number of amides is 1. The van der Waals surface area contributed by atoms with E-state index < -0.39 is 0 Å². The van der Waals surface area contributed by atoms with E-state index in [1.165, 1.54) is 19.6 Å². The van der Waals surface area contributed by atoms with Gasteiger partial charge in [-0.25, -0.2) is 15.0 Å². The minimum Gasteiger partial charge on any atom is -0.384 e. The zero-order chi connectivity index (χ0) is 20.9. The predicted octanol–water partition coefficient (Wildman–Crippen LogP) is 1.39. The maximum absolute atomic E-state index is 12.6. The lowest BCUT2D eigenvalue weighted by Crippen LogP contribution is -2.46. The molecule has 4 heterocycles. The molecule has 8 heteroatoms. The molecule has 1 amide bonds. The Labute approximate surface area is 177 Å². The summed E-state index contributed by atoms with van der Waals surface area (Å²) in [4.78, 5) is 30.4. The average Bonchev–Trinajstić information content (AvgIpc) is 3.07. The molecule has 2 aliphatic heterocycles. The van der Waals surface area contributed by atoms with Gasteiger partial charge in [-0.3, -0.25) is 4.79 Å². The summed E-state index contributed by atoms with van der Waals surface area (Å²) in [6.45, 7) is 11.7. The Morgan fingerprint density at radius 2 is 1.80 bits per heavy atom. The monoisotopic (exact) mass is 409 g/mol. The molecule has 2 aromatic heterocycles. The molecule has 0 spiro atoms. The van der Waals surface area contributed by atoms with E-state index in [9.17, 15) is 4.79 Å². The second kappa shape index (κ2) is 7.42. The molecule has 30 heavy (non-hydrogen) atoms. The van der Waals surface area contributed by atoms with Crippen molar-refractivity contribution in [1.82, 2.24) is 30.1 Å². The van der Waals surface area contributed by atoms with Gasteiger partial charge in [0.05, 0.1) is 11.7 Å². The van der Waals surface area contributed by atoms with Gasteiger partial charge < -0.3 is 20.9 Å². The van der Waals surface area contributed by atoms with E-state index in [-0.39, 0.29) is 17.8 Å². The Hall–Kier alpha value is -2.32. The van der Waals surface area contributed by atoms with E-state index in [0.29, 0.717) is 22.3 Å². The zero-order valence-corrected chi connectivity index (χ0v) is 17.8. The van der Waals surface area contributed by atoms with Crippen LogP contribution in [-0.2, 0) is 0 Å². The van der Waals surface area contributed by atoms with E-state index in [1.54, 1.807) is 18.3 Å². The summed E-state index contributed by atoms with van der Waals surface area (Å²) in [6, 6.07) is 3.62. The van der Waals surface area contributed by atoms with Gasteiger partial charge in [0.2, 0.25) is 5.82 Å². The number of nitrogens with one attached hydrogen (secondary N) is 1. The minimum absolute atomic E-state index is 0.179. The van der Waals surface area contributed by atoms with Crippen molar-refractivity contribution in [2.75, 3.05) is 45.0 Å². The summed E-state index contributed by atoms with van der Waals surface area (Å²) < 4.78 is 0. The molecule has 0 aromatic carbocycles. The molecule has 3 aliphatic rings. The first kappa shape index (κ1) is 19.6. The number of carbonyl (C=O) groups excluding carboxylic acids is 1. The summed E-state index contributed by atoms with van der Waals surface area (Å²) >= 11 is 0. The second-order valence-electron chi connectivity index (χ2n) is 9.72. The molecular formula is C22H31N7O. The van der Waals surface area contributed by atoms with Crippen LogP contribution in [0.1, 0.15) is 37.3 Å². The van der Waals surface area contributed by atoms with Gasteiger partial charge in [-0.2, -0.15) is 0 Å². The highest BCUT2D eigenvalue weighted by atomic mass is 16.2. The molecule has 2 saturated heterocycles. The summed E-state index contributed by atoms with van der Waals surface area (Å²) in [5.41, 5.74) is 7.49. The maximum Gasteiger partial charge on any atom is 0.289 e. The predicted molar refractivity (Wildman–Crippen MR) is 116 cm³/mol. The number of aromatic nitrogens is 3. The van der Waals surface area contributed by atoms with Crippen LogP contribution in [0.2, 0.25) is 0 Å². The van der Waals surface area contributed by atoms with Gasteiger partial charge in [0.15, 0.2) is 0 Å². The Morgan fingerprint density at radius 1 is 1.10 bits per heavy atom. The number of carbonyl (C=O) groups is 1. The van der Waals surface area contributed by atoms with Crippen molar-refractivity contribution < 1.29 is 4.79 Å². The van der Waals surface area contributed by atoms with Crippen LogP contribution in [0.15, 0.2) is 18.3 Å². The van der Waals surface area contributed by atoms with Crippen LogP contribution in [0.3, 0.4) is 0 Å².